The van der Waals surface area contributed by atoms with E-state index in [1.54, 1.807) is 0 Å². The third-order valence-electron chi connectivity index (χ3n) is 3.86. The summed E-state index contributed by atoms with van der Waals surface area (Å²) in [5, 5.41) is 1.37. The normalized spacial score (nSPS) is 13.3. The molecule has 1 aromatic heterocycles. The molecule has 0 aliphatic heterocycles. The van der Waals surface area contributed by atoms with Crippen LogP contribution in [-0.4, -0.2) is 10.6 Å². The Labute approximate surface area is 116 Å². The number of rotatable bonds is 6. The Morgan fingerprint density at radius 1 is 1.21 bits per heavy atom. The molecule has 1 unspecified atom stereocenters. The van der Waals surface area contributed by atoms with Crippen LogP contribution in [0, 0.1) is 5.92 Å². The lowest BCUT2D eigenvalue weighted by atomic mass is 10.0. The van der Waals surface area contributed by atoms with Crippen molar-refractivity contribution in [2.45, 2.75) is 52.6 Å². The van der Waals surface area contributed by atoms with Crippen molar-refractivity contribution in [2.75, 3.05) is 0 Å². The summed E-state index contributed by atoms with van der Waals surface area (Å²) in [6.07, 6.45) is 5.45. The van der Waals surface area contributed by atoms with Gasteiger partial charge in [0.2, 0.25) is 0 Å². The number of aryl methyl sites for hydroxylation is 1. The molecule has 0 spiro atoms. The van der Waals surface area contributed by atoms with E-state index in [1.807, 2.05) is 0 Å². The van der Waals surface area contributed by atoms with Crippen molar-refractivity contribution in [3.8, 4) is 0 Å². The quantitative estimate of drug-likeness (QED) is 0.835. The number of aromatic nitrogens is 1. The second-order valence-electron chi connectivity index (χ2n) is 5.91. The molecular weight excluding hydrogens is 232 g/mol. The van der Waals surface area contributed by atoms with E-state index in [-0.39, 0.29) is 6.04 Å². The van der Waals surface area contributed by atoms with E-state index in [0.717, 1.165) is 25.3 Å². The van der Waals surface area contributed by atoms with Gasteiger partial charge in [-0.2, -0.15) is 0 Å². The van der Waals surface area contributed by atoms with Gasteiger partial charge in [-0.3, -0.25) is 0 Å². The van der Waals surface area contributed by atoms with E-state index in [9.17, 15) is 0 Å². The molecule has 0 amide bonds. The van der Waals surface area contributed by atoms with Gasteiger partial charge in [0.1, 0.15) is 0 Å². The second kappa shape index (κ2) is 6.25. The highest BCUT2D eigenvalue weighted by atomic mass is 14.9. The van der Waals surface area contributed by atoms with Crippen LogP contribution >= 0.6 is 0 Å². The first-order valence-corrected chi connectivity index (χ1v) is 7.44. The average Bonchev–Trinajstić information content (AvgIpc) is 2.80. The summed E-state index contributed by atoms with van der Waals surface area (Å²) >= 11 is 0. The third-order valence-corrected chi connectivity index (χ3v) is 3.86. The maximum atomic E-state index is 6.09. The zero-order valence-electron chi connectivity index (χ0n) is 12.4. The molecule has 0 saturated heterocycles. The Hall–Kier alpha value is -1.28. The molecule has 2 aromatic rings. The van der Waals surface area contributed by atoms with Gasteiger partial charge in [0, 0.05) is 29.7 Å². The fourth-order valence-electron chi connectivity index (χ4n) is 2.48. The zero-order chi connectivity index (χ0) is 13.8. The number of hydrogen-bond donors (Lipinski definition) is 1. The molecule has 0 aliphatic carbocycles. The number of hydrogen-bond acceptors (Lipinski definition) is 1. The summed E-state index contributed by atoms with van der Waals surface area (Å²) in [6, 6.07) is 9.10. The Balaban J connectivity index is 2.26. The molecule has 2 N–H and O–H groups in total. The van der Waals surface area contributed by atoms with Crippen LogP contribution in [0.2, 0.25) is 0 Å². The molecule has 1 aromatic carbocycles. The molecular formula is C17H26N2. The first-order valence-electron chi connectivity index (χ1n) is 7.44. The van der Waals surface area contributed by atoms with Crippen molar-refractivity contribution in [1.29, 1.82) is 0 Å². The summed E-state index contributed by atoms with van der Waals surface area (Å²) in [5.74, 6) is 0.745. The number of nitrogens with zero attached hydrogens (tertiary/aromatic N) is 1. The number of benzene rings is 1. The summed E-state index contributed by atoms with van der Waals surface area (Å²) < 4.78 is 2.37. The van der Waals surface area contributed by atoms with E-state index in [4.69, 9.17) is 5.73 Å². The van der Waals surface area contributed by atoms with Gasteiger partial charge in [0.25, 0.3) is 0 Å². The molecule has 0 aliphatic rings. The lowest BCUT2D eigenvalue weighted by Gasteiger charge is -2.11. The molecule has 0 saturated carbocycles. The first-order chi connectivity index (χ1) is 9.11. The van der Waals surface area contributed by atoms with Crippen LogP contribution in [0.4, 0.5) is 0 Å². The predicted octanol–water partition coefficient (Wildman–Crippen LogP) is 3.97. The Morgan fingerprint density at radius 3 is 2.68 bits per heavy atom. The first kappa shape index (κ1) is 14.1. The van der Waals surface area contributed by atoms with Gasteiger partial charge in [-0.05, 0) is 42.9 Å². The SMILES string of the molecule is CCC(N)Cc1cccc2c1ccn2CCC(C)C. The van der Waals surface area contributed by atoms with E-state index >= 15 is 0 Å². The molecule has 1 atom stereocenters. The fourth-order valence-corrected chi connectivity index (χ4v) is 2.48. The third kappa shape index (κ3) is 3.38. The standard InChI is InChI=1S/C17H26N2/c1-4-15(18)12-14-6-5-7-17-16(14)9-11-19(17)10-8-13(2)3/h5-7,9,11,13,15H,4,8,10,12,18H2,1-3H3. The van der Waals surface area contributed by atoms with Gasteiger partial charge in [0.15, 0.2) is 0 Å². The zero-order valence-corrected chi connectivity index (χ0v) is 12.4. The van der Waals surface area contributed by atoms with Gasteiger partial charge < -0.3 is 10.3 Å². The Bertz CT molecular complexity index is 525. The Kier molecular flexibility index (Phi) is 4.65. The van der Waals surface area contributed by atoms with E-state index in [1.165, 1.54) is 22.9 Å². The van der Waals surface area contributed by atoms with Gasteiger partial charge in [-0.15, -0.1) is 0 Å². The highest BCUT2D eigenvalue weighted by Gasteiger charge is 2.08. The van der Waals surface area contributed by atoms with Crippen molar-refractivity contribution < 1.29 is 0 Å². The molecule has 0 bridgehead atoms. The monoisotopic (exact) mass is 258 g/mol. The highest BCUT2D eigenvalue weighted by molar-refractivity contribution is 5.83. The van der Waals surface area contributed by atoms with Crippen LogP contribution in [-0.2, 0) is 13.0 Å². The van der Waals surface area contributed by atoms with Crippen LogP contribution in [0.25, 0.3) is 10.9 Å². The lowest BCUT2D eigenvalue weighted by Crippen LogP contribution is -2.21. The summed E-state index contributed by atoms with van der Waals surface area (Å²) in [6.45, 7) is 7.80. The van der Waals surface area contributed by atoms with E-state index < -0.39 is 0 Å². The second-order valence-corrected chi connectivity index (χ2v) is 5.91. The minimum atomic E-state index is 0.268. The molecule has 19 heavy (non-hydrogen) atoms. The van der Waals surface area contributed by atoms with Gasteiger partial charge in [0.05, 0.1) is 0 Å². The molecule has 2 heteroatoms. The Morgan fingerprint density at radius 2 is 2.00 bits per heavy atom. The highest BCUT2D eigenvalue weighted by Crippen LogP contribution is 2.22. The van der Waals surface area contributed by atoms with Crippen LogP contribution < -0.4 is 5.73 Å². The summed E-state index contributed by atoms with van der Waals surface area (Å²) in [4.78, 5) is 0. The van der Waals surface area contributed by atoms with Crippen molar-refractivity contribution in [2.24, 2.45) is 11.7 Å². The molecule has 2 rings (SSSR count). The fraction of sp³-hybridized carbons (Fsp3) is 0.529. The maximum absolute atomic E-state index is 6.09. The predicted molar refractivity (Wildman–Crippen MR) is 83.4 cm³/mol. The van der Waals surface area contributed by atoms with Crippen LogP contribution in [0.15, 0.2) is 30.5 Å². The van der Waals surface area contributed by atoms with Crippen LogP contribution in [0.1, 0.15) is 39.2 Å². The molecule has 1 heterocycles. The van der Waals surface area contributed by atoms with Crippen molar-refractivity contribution in [3.63, 3.8) is 0 Å². The van der Waals surface area contributed by atoms with Crippen molar-refractivity contribution >= 4 is 10.9 Å². The topological polar surface area (TPSA) is 30.9 Å². The minimum absolute atomic E-state index is 0.268. The molecule has 104 valence electrons. The number of fused-ring (bicyclic) bond motifs is 1. The van der Waals surface area contributed by atoms with Crippen LogP contribution in [0.5, 0.6) is 0 Å². The van der Waals surface area contributed by atoms with E-state index in [2.05, 4.69) is 55.8 Å². The smallest absolute Gasteiger partial charge is 0.0483 e. The lowest BCUT2D eigenvalue weighted by molar-refractivity contribution is 0.524. The van der Waals surface area contributed by atoms with Crippen molar-refractivity contribution in [3.05, 3.63) is 36.0 Å². The largest absolute Gasteiger partial charge is 0.347 e. The van der Waals surface area contributed by atoms with Gasteiger partial charge >= 0.3 is 0 Å². The average molecular weight is 258 g/mol. The molecule has 2 nitrogen and oxygen atoms in total. The van der Waals surface area contributed by atoms with Crippen molar-refractivity contribution in [1.82, 2.24) is 4.57 Å². The minimum Gasteiger partial charge on any atom is -0.347 e. The summed E-state index contributed by atoms with van der Waals surface area (Å²) in [5.41, 5.74) is 8.83. The molecule has 0 radical (unpaired) electrons. The summed E-state index contributed by atoms with van der Waals surface area (Å²) in [7, 11) is 0. The van der Waals surface area contributed by atoms with Crippen LogP contribution in [0.3, 0.4) is 0 Å². The van der Waals surface area contributed by atoms with Gasteiger partial charge in [-0.25, -0.2) is 0 Å². The molecule has 0 fully saturated rings. The van der Waals surface area contributed by atoms with Gasteiger partial charge in [-0.1, -0.05) is 32.9 Å². The maximum Gasteiger partial charge on any atom is 0.0483 e. The number of nitrogens with two attached hydrogens (primary N) is 1. The van der Waals surface area contributed by atoms with E-state index in [0.29, 0.717) is 0 Å².